The fourth-order valence-electron chi connectivity index (χ4n) is 3.06. The van der Waals surface area contributed by atoms with Crippen LogP contribution in [-0.2, 0) is 6.42 Å². The third-order valence-electron chi connectivity index (χ3n) is 4.40. The molecule has 0 atom stereocenters. The summed E-state index contributed by atoms with van der Waals surface area (Å²) in [6.45, 7) is 5.32. The van der Waals surface area contributed by atoms with Crippen molar-refractivity contribution in [3.63, 3.8) is 0 Å². The molecule has 0 saturated heterocycles. The van der Waals surface area contributed by atoms with Gasteiger partial charge in [-0.3, -0.25) is 0 Å². The molecule has 0 aliphatic rings. The SMILES string of the molecule is CCCN(c1ccc(N)cc1)c1cccc(Cc2ccc(C)cc2)c1. The summed E-state index contributed by atoms with van der Waals surface area (Å²) in [6, 6.07) is 25.7. The number of hydrogen-bond donors (Lipinski definition) is 1. The molecule has 2 nitrogen and oxygen atoms in total. The molecule has 0 fully saturated rings. The van der Waals surface area contributed by atoms with E-state index in [4.69, 9.17) is 5.73 Å². The average molecular weight is 330 g/mol. The normalized spacial score (nSPS) is 10.6. The molecule has 0 bridgehead atoms. The summed E-state index contributed by atoms with van der Waals surface area (Å²) in [5.41, 5.74) is 13.0. The Kier molecular flexibility index (Phi) is 5.39. The van der Waals surface area contributed by atoms with Gasteiger partial charge in [0.1, 0.15) is 0 Å². The van der Waals surface area contributed by atoms with Crippen LogP contribution in [0.3, 0.4) is 0 Å². The quantitative estimate of drug-likeness (QED) is 0.586. The summed E-state index contributed by atoms with van der Waals surface area (Å²) in [7, 11) is 0. The second-order valence-electron chi connectivity index (χ2n) is 6.58. The van der Waals surface area contributed by atoms with Gasteiger partial charge < -0.3 is 10.6 Å². The Morgan fingerprint density at radius 1 is 0.800 bits per heavy atom. The Morgan fingerprint density at radius 3 is 2.20 bits per heavy atom. The number of aryl methyl sites for hydroxylation is 1. The van der Waals surface area contributed by atoms with E-state index < -0.39 is 0 Å². The Labute approximate surface area is 150 Å². The summed E-state index contributed by atoms with van der Waals surface area (Å²) >= 11 is 0. The lowest BCUT2D eigenvalue weighted by molar-refractivity contribution is 0.885. The van der Waals surface area contributed by atoms with E-state index in [1.54, 1.807) is 0 Å². The Balaban J connectivity index is 1.86. The van der Waals surface area contributed by atoms with Gasteiger partial charge >= 0.3 is 0 Å². The van der Waals surface area contributed by atoms with Crippen molar-refractivity contribution in [1.82, 2.24) is 0 Å². The van der Waals surface area contributed by atoms with Crippen LogP contribution < -0.4 is 10.6 Å². The Morgan fingerprint density at radius 2 is 1.52 bits per heavy atom. The van der Waals surface area contributed by atoms with Crippen molar-refractivity contribution in [2.24, 2.45) is 0 Å². The van der Waals surface area contributed by atoms with Crippen LogP contribution in [0.5, 0.6) is 0 Å². The molecule has 128 valence electrons. The van der Waals surface area contributed by atoms with E-state index in [2.05, 4.69) is 79.4 Å². The minimum atomic E-state index is 0.799. The first kappa shape index (κ1) is 17.1. The summed E-state index contributed by atoms with van der Waals surface area (Å²) in [5, 5.41) is 0. The lowest BCUT2D eigenvalue weighted by Crippen LogP contribution is -2.18. The minimum Gasteiger partial charge on any atom is -0.399 e. The molecule has 3 aromatic rings. The van der Waals surface area contributed by atoms with Crippen molar-refractivity contribution in [3.05, 3.63) is 89.5 Å². The highest BCUT2D eigenvalue weighted by atomic mass is 15.1. The number of rotatable bonds is 6. The van der Waals surface area contributed by atoms with Gasteiger partial charge in [-0.15, -0.1) is 0 Å². The van der Waals surface area contributed by atoms with Crippen LogP contribution >= 0.6 is 0 Å². The number of anilines is 3. The molecule has 0 heterocycles. The van der Waals surface area contributed by atoms with Crippen molar-refractivity contribution in [2.45, 2.75) is 26.7 Å². The van der Waals surface area contributed by atoms with Gasteiger partial charge in [-0.1, -0.05) is 48.9 Å². The van der Waals surface area contributed by atoms with E-state index in [-0.39, 0.29) is 0 Å². The van der Waals surface area contributed by atoms with Gasteiger partial charge in [0.15, 0.2) is 0 Å². The minimum absolute atomic E-state index is 0.799. The molecule has 0 radical (unpaired) electrons. The maximum Gasteiger partial charge on any atom is 0.0413 e. The van der Waals surface area contributed by atoms with Crippen LogP contribution in [0.25, 0.3) is 0 Å². The monoisotopic (exact) mass is 330 g/mol. The Hall–Kier alpha value is -2.74. The predicted molar refractivity (Wildman–Crippen MR) is 109 cm³/mol. The molecule has 0 aromatic heterocycles. The van der Waals surface area contributed by atoms with E-state index in [1.165, 1.54) is 28.1 Å². The van der Waals surface area contributed by atoms with Crippen LogP contribution in [0.4, 0.5) is 17.1 Å². The van der Waals surface area contributed by atoms with Gasteiger partial charge in [0, 0.05) is 23.6 Å². The second-order valence-corrected chi connectivity index (χ2v) is 6.58. The molecule has 0 amide bonds. The van der Waals surface area contributed by atoms with Gasteiger partial charge in [0.2, 0.25) is 0 Å². The average Bonchev–Trinajstić information content (AvgIpc) is 2.63. The van der Waals surface area contributed by atoms with Crippen molar-refractivity contribution < 1.29 is 0 Å². The largest absolute Gasteiger partial charge is 0.399 e. The highest BCUT2D eigenvalue weighted by molar-refractivity contribution is 5.65. The first-order valence-corrected chi connectivity index (χ1v) is 8.93. The molecular weight excluding hydrogens is 304 g/mol. The number of nitrogens with two attached hydrogens (primary N) is 1. The number of benzene rings is 3. The lowest BCUT2D eigenvalue weighted by Gasteiger charge is -2.25. The van der Waals surface area contributed by atoms with Crippen LogP contribution in [-0.4, -0.2) is 6.54 Å². The van der Waals surface area contributed by atoms with E-state index in [1.807, 2.05) is 12.1 Å². The van der Waals surface area contributed by atoms with Gasteiger partial charge in [-0.25, -0.2) is 0 Å². The fraction of sp³-hybridized carbons (Fsp3) is 0.217. The molecule has 0 spiro atoms. The Bertz CT molecular complexity index is 804. The van der Waals surface area contributed by atoms with Crippen LogP contribution in [0.15, 0.2) is 72.8 Å². The first-order valence-electron chi connectivity index (χ1n) is 8.93. The standard InChI is InChI=1S/C23H26N2/c1-3-15-25(22-13-11-21(24)12-14-22)23-6-4-5-20(17-23)16-19-9-7-18(2)8-10-19/h4-14,17H,3,15-16,24H2,1-2H3. The summed E-state index contributed by atoms with van der Waals surface area (Å²) in [6.07, 6.45) is 2.04. The fourth-order valence-corrected chi connectivity index (χ4v) is 3.06. The molecule has 3 rings (SSSR count). The molecule has 0 saturated carbocycles. The maximum atomic E-state index is 5.84. The summed E-state index contributed by atoms with van der Waals surface area (Å²) in [4.78, 5) is 2.36. The van der Waals surface area contributed by atoms with E-state index in [9.17, 15) is 0 Å². The number of nitrogen functional groups attached to an aromatic ring is 1. The van der Waals surface area contributed by atoms with Crippen LogP contribution in [0.2, 0.25) is 0 Å². The number of nitrogens with zero attached hydrogens (tertiary/aromatic N) is 1. The zero-order valence-corrected chi connectivity index (χ0v) is 15.1. The smallest absolute Gasteiger partial charge is 0.0413 e. The predicted octanol–water partition coefficient (Wildman–Crippen LogP) is 5.72. The molecule has 0 aliphatic carbocycles. The highest BCUT2D eigenvalue weighted by Gasteiger charge is 2.09. The molecule has 0 aliphatic heterocycles. The molecule has 2 N–H and O–H groups in total. The zero-order valence-electron chi connectivity index (χ0n) is 15.1. The molecule has 2 heteroatoms. The van der Waals surface area contributed by atoms with E-state index in [0.29, 0.717) is 0 Å². The second kappa shape index (κ2) is 7.89. The van der Waals surface area contributed by atoms with Gasteiger partial charge in [0.05, 0.1) is 0 Å². The van der Waals surface area contributed by atoms with Crippen molar-refractivity contribution in [3.8, 4) is 0 Å². The summed E-state index contributed by atoms with van der Waals surface area (Å²) < 4.78 is 0. The zero-order chi connectivity index (χ0) is 17.6. The number of hydrogen-bond acceptors (Lipinski definition) is 2. The molecular formula is C23H26N2. The first-order chi connectivity index (χ1) is 12.2. The van der Waals surface area contributed by atoms with Crippen molar-refractivity contribution in [2.75, 3.05) is 17.2 Å². The van der Waals surface area contributed by atoms with Gasteiger partial charge in [-0.2, -0.15) is 0 Å². The molecule has 25 heavy (non-hydrogen) atoms. The van der Waals surface area contributed by atoms with Gasteiger partial charge in [-0.05, 0) is 67.3 Å². The van der Waals surface area contributed by atoms with Crippen LogP contribution in [0.1, 0.15) is 30.0 Å². The third-order valence-corrected chi connectivity index (χ3v) is 4.40. The third kappa shape index (κ3) is 4.42. The van der Waals surface area contributed by atoms with Gasteiger partial charge in [0.25, 0.3) is 0 Å². The lowest BCUT2D eigenvalue weighted by atomic mass is 10.0. The molecule has 0 unspecified atom stereocenters. The highest BCUT2D eigenvalue weighted by Crippen LogP contribution is 2.27. The summed E-state index contributed by atoms with van der Waals surface area (Å²) in [5.74, 6) is 0. The van der Waals surface area contributed by atoms with E-state index in [0.717, 1.165) is 25.1 Å². The van der Waals surface area contributed by atoms with E-state index >= 15 is 0 Å². The molecule has 3 aromatic carbocycles. The van der Waals surface area contributed by atoms with Crippen LogP contribution in [0, 0.1) is 6.92 Å². The van der Waals surface area contributed by atoms with Crippen molar-refractivity contribution in [1.29, 1.82) is 0 Å². The van der Waals surface area contributed by atoms with Crippen molar-refractivity contribution >= 4 is 17.1 Å². The topological polar surface area (TPSA) is 29.3 Å². The maximum absolute atomic E-state index is 5.84.